The lowest BCUT2D eigenvalue weighted by atomic mass is 10.00. The highest BCUT2D eigenvalue weighted by Crippen LogP contribution is 2.23. The number of likely N-dealkylation sites (tertiary alicyclic amines) is 1. The third kappa shape index (κ3) is 4.84. The SMILES string of the molecule is CCC1CCCCN1C(=O)COC(=O)CSc1nnc(N)s1. The number of amides is 1. The van der Waals surface area contributed by atoms with Gasteiger partial charge in [-0.05, 0) is 25.7 Å². The number of ether oxygens (including phenoxy) is 1. The molecule has 0 spiro atoms. The third-order valence-corrected chi connectivity index (χ3v) is 5.37. The molecule has 1 aromatic heterocycles. The summed E-state index contributed by atoms with van der Waals surface area (Å²) in [5.74, 6) is -0.443. The van der Waals surface area contributed by atoms with Crippen LogP contribution in [0.15, 0.2) is 4.34 Å². The van der Waals surface area contributed by atoms with Crippen LogP contribution in [0.4, 0.5) is 5.13 Å². The van der Waals surface area contributed by atoms with Crippen molar-refractivity contribution in [2.75, 3.05) is 24.6 Å². The quantitative estimate of drug-likeness (QED) is 0.617. The highest BCUT2D eigenvalue weighted by atomic mass is 32.2. The minimum atomic E-state index is -0.433. The predicted octanol–water partition coefficient (Wildman–Crippen LogP) is 1.55. The Hall–Kier alpha value is -1.35. The van der Waals surface area contributed by atoms with E-state index < -0.39 is 5.97 Å². The number of anilines is 1. The molecule has 0 aromatic carbocycles. The van der Waals surface area contributed by atoms with Gasteiger partial charge in [-0.3, -0.25) is 9.59 Å². The lowest BCUT2D eigenvalue weighted by Gasteiger charge is -2.35. The van der Waals surface area contributed by atoms with E-state index in [0.717, 1.165) is 32.2 Å². The van der Waals surface area contributed by atoms with Crippen LogP contribution in [0.3, 0.4) is 0 Å². The van der Waals surface area contributed by atoms with Crippen molar-refractivity contribution < 1.29 is 14.3 Å². The van der Waals surface area contributed by atoms with Gasteiger partial charge in [-0.2, -0.15) is 0 Å². The average molecular weight is 344 g/mol. The molecule has 1 saturated heterocycles. The fraction of sp³-hybridized carbons (Fsp3) is 0.692. The molecule has 0 bridgehead atoms. The highest BCUT2D eigenvalue weighted by Gasteiger charge is 2.25. The van der Waals surface area contributed by atoms with Gasteiger partial charge < -0.3 is 15.4 Å². The zero-order valence-electron chi connectivity index (χ0n) is 12.5. The number of esters is 1. The van der Waals surface area contributed by atoms with Gasteiger partial charge in [-0.15, -0.1) is 10.2 Å². The van der Waals surface area contributed by atoms with Crippen molar-refractivity contribution in [1.29, 1.82) is 0 Å². The first-order valence-electron chi connectivity index (χ1n) is 7.27. The lowest BCUT2D eigenvalue weighted by Crippen LogP contribution is -2.45. The molecule has 9 heteroatoms. The van der Waals surface area contributed by atoms with E-state index >= 15 is 0 Å². The first-order valence-corrected chi connectivity index (χ1v) is 9.07. The number of nitrogens with zero attached hydrogens (tertiary/aromatic N) is 3. The number of carbonyl (C=O) groups is 2. The molecular weight excluding hydrogens is 324 g/mol. The molecular formula is C13H20N4O3S2. The van der Waals surface area contributed by atoms with Crippen LogP contribution in [-0.4, -0.2) is 51.9 Å². The van der Waals surface area contributed by atoms with Gasteiger partial charge >= 0.3 is 5.97 Å². The van der Waals surface area contributed by atoms with Crippen LogP contribution >= 0.6 is 23.1 Å². The molecule has 2 rings (SSSR count). The van der Waals surface area contributed by atoms with Gasteiger partial charge in [0, 0.05) is 12.6 Å². The van der Waals surface area contributed by atoms with E-state index in [4.69, 9.17) is 10.5 Å². The summed E-state index contributed by atoms with van der Waals surface area (Å²) in [5, 5.41) is 7.82. The number of piperidine rings is 1. The fourth-order valence-electron chi connectivity index (χ4n) is 2.42. The van der Waals surface area contributed by atoms with Crippen molar-refractivity contribution in [3.8, 4) is 0 Å². The van der Waals surface area contributed by atoms with Crippen LogP contribution in [0.2, 0.25) is 0 Å². The Morgan fingerprint density at radius 3 is 2.95 bits per heavy atom. The standard InChI is InChI=1S/C13H20N4O3S2/c1-2-9-5-3-4-6-17(9)10(18)7-20-11(19)8-21-13-16-15-12(14)22-13/h9H,2-8H2,1H3,(H2,14,15). The molecule has 1 aliphatic heterocycles. The number of aromatic nitrogens is 2. The van der Waals surface area contributed by atoms with Crippen molar-refractivity contribution in [3.63, 3.8) is 0 Å². The molecule has 1 aromatic rings. The van der Waals surface area contributed by atoms with Gasteiger partial charge in [-0.1, -0.05) is 30.0 Å². The molecule has 22 heavy (non-hydrogen) atoms. The summed E-state index contributed by atoms with van der Waals surface area (Å²) < 4.78 is 5.67. The normalized spacial score (nSPS) is 18.2. The minimum Gasteiger partial charge on any atom is -0.455 e. The first kappa shape index (κ1) is 17.0. The summed E-state index contributed by atoms with van der Waals surface area (Å²) in [5.41, 5.74) is 5.46. The fourth-order valence-corrected chi connectivity index (χ4v) is 3.85. The van der Waals surface area contributed by atoms with Crippen LogP contribution in [-0.2, 0) is 14.3 Å². The molecule has 0 radical (unpaired) electrons. The van der Waals surface area contributed by atoms with E-state index in [1.54, 1.807) is 0 Å². The third-order valence-electron chi connectivity index (χ3n) is 3.51. The second-order valence-corrected chi connectivity index (χ2v) is 7.23. The number of rotatable bonds is 6. The Bertz CT molecular complexity index is 523. The van der Waals surface area contributed by atoms with Gasteiger partial charge in [0.05, 0.1) is 5.75 Å². The van der Waals surface area contributed by atoms with Crippen LogP contribution in [0, 0.1) is 0 Å². The highest BCUT2D eigenvalue weighted by molar-refractivity contribution is 8.01. The number of hydrogen-bond donors (Lipinski definition) is 1. The van der Waals surface area contributed by atoms with Gasteiger partial charge in [0.25, 0.3) is 5.91 Å². The topological polar surface area (TPSA) is 98.4 Å². The van der Waals surface area contributed by atoms with E-state index in [1.807, 2.05) is 4.90 Å². The van der Waals surface area contributed by atoms with E-state index in [0.29, 0.717) is 9.47 Å². The van der Waals surface area contributed by atoms with Gasteiger partial charge in [0.1, 0.15) is 0 Å². The minimum absolute atomic E-state index is 0.0963. The van der Waals surface area contributed by atoms with Gasteiger partial charge in [-0.25, -0.2) is 0 Å². The molecule has 122 valence electrons. The van der Waals surface area contributed by atoms with Crippen molar-refractivity contribution >= 4 is 40.1 Å². The second-order valence-electron chi connectivity index (χ2n) is 5.00. The van der Waals surface area contributed by atoms with Crippen molar-refractivity contribution in [2.45, 2.75) is 43.0 Å². The molecule has 1 amide bonds. The Balaban J connectivity index is 1.72. The number of carbonyl (C=O) groups excluding carboxylic acids is 2. The predicted molar refractivity (Wildman–Crippen MR) is 85.6 cm³/mol. The molecule has 1 unspecified atom stereocenters. The number of nitrogens with two attached hydrogens (primary N) is 1. The average Bonchev–Trinajstić information content (AvgIpc) is 2.96. The van der Waals surface area contributed by atoms with Crippen molar-refractivity contribution in [2.24, 2.45) is 0 Å². The van der Waals surface area contributed by atoms with Crippen LogP contribution < -0.4 is 5.73 Å². The second kappa shape index (κ2) is 8.33. The smallest absolute Gasteiger partial charge is 0.316 e. The number of thioether (sulfide) groups is 1. The van der Waals surface area contributed by atoms with Crippen molar-refractivity contribution in [3.05, 3.63) is 0 Å². The van der Waals surface area contributed by atoms with E-state index in [-0.39, 0.29) is 24.3 Å². The Morgan fingerprint density at radius 1 is 1.45 bits per heavy atom. The van der Waals surface area contributed by atoms with E-state index in [1.165, 1.54) is 23.1 Å². The molecule has 0 saturated carbocycles. The number of nitrogen functional groups attached to an aromatic ring is 1. The molecule has 2 N–H and O–H groups in total. The van der Waals surface area contributed by atoms with E-state index in [2.05, 4.69) is 17.1 Å². The summed E-state index contributed by atoms with van der Waals surface area (Å²) >= 11 is 2.42. The summed E-state index contributed by atoms with van der Waals surface area (Å²) in [7, 11) is 0. The maximum atomic E-state index is 12.2. The first-order chi connectivity index (χ1) is 10.6. The monoisotopic (exact) mass is 344 g/mol. The lowest BCUT2D eigenvalue weighted by molar-refractivity contribution is -0.151. The van der Waals surface area contributed by atoms with Gasteiger partial charge in [0.15, 0.2) is 10.9 Å². The summed E-state index contributed by atoms with van der Waals surface area (Å²) in [4.78, 5) is 25.7. The Morgan fingerprint density at radius 2 is 2.27 bits per heavy atom. The molecule has 0 aliphatic carbocycles. The zero-order chi connectivity index (χ0) is 15.9. The van der Waals surface area contributed by atoms with Crippen LogP contribution in [0.25, 0.3) is 0 Å². The molecule has 1 atom stereocenters. The number of hydrogen-bond acceptors (Lipinski definition) is 8. The molecule has 7 nitrogen and oxygen atoms in total. The Labute approximate surface area is 137 Å². The zero-order valence-corrected chi connectivity index (χ0v) is 14.1. The van der Waals surface area contributed by atoms with Crippen LogP contribution in [0.1, 0.15) is 32.6 Å². The summed E-state index contributed by atoms with van der Waals surface area (Å²) in [6, 6.07) is 0.277. The summed E-state index contributed by atoms with van der Waals surface area (Å²) in [6.07, 6.45) is 4.15. The maximum absolute atomic E-state index is 12.2. The summed E-state index contributed by atoms with van der Waals surface area (Å²) in [6.45, 7) is 2.65. The Kier molecular flexibility index (Phi) is 6.44. The molecule has 1 aliphatic rings. The van der Waals surface area contributed by atoms with Crippen molar-refractivity contribution in [1.82, 2.24) is 15.1 Å². The molecule has 2 heterocycles. The van der Waals surface area contributed by atoms with Crippen LogP contribution in [0.5, 0.6) is 0 Å². The largest absolute Gasteiger partial charge is 0.455 e. The van der Waals surface area contributed by atoms with E-state index in [9.17, 15) is 9.59 Å². The maximum Gasteiger partial charge on any atom is 0.316 e. The molecule has 1 fully saturated rings. The van der Waals surface area contributed by atoms with Gasteiger partial charge in [0.2, 0.25) is 5.13 Å².